The molecule has 0 saturated carbocycles. The standard InChI is InChI=1S/C11H20N2O2/c1-3-10(2)12-8-11(14)9-13-4-6-15-7-5-13/h1,10-12,14H,4-9H2,2H3. The minimum Gasteiger partial charge on any atom is -0.390 e. The first-order valence-electron chi connectivity index (χ1n) is 5.40. The van der Waals surface area contributed by atoms with E-state index in [1.165, 1.54) is 0 Å². The second-order valence-electron chi connectivity index (χ2n) is 3.86. The maximum absolute atomic E-state index is 9.73. The highest BCUT2D eigenvalue weighted by Crippen LogP contribution is 1.98. The Labute approximate surface area is 91.6 Å². The van der Waals surface area contributed by atoms with Gasteiger partial charge in [0.1, 0.15) is 0 Å². The molecule has 0 aromatic carbocycles. The van der Waals surface area contributed by atoms with Crippen molar-refractivity contribution in [2.75, 3.05) is 39.4 Å². The van der Waals surface area contributed by atoms with Crippen molar-refractivity contribution in [3.8, 4) is 12.3 Å². The Balaban J connectivity index is 2.12. The van der Waals surface area contributed by atoms with Crippen molar-refractivity contribution in [3.63, 3.8) is 0 Å². The Morgan fingerprint density at radius 1 is 1.53 bits per heavy atom. The minimum absolute atomic E-state index is 0.0179. The van der Waals surface area contributed by atoms with E-state index < -0.39 is 0 Å². The number of morpholine rings is 1. The summed E-state index contributed by atoms with van der Waals surface area (Å²) in [4.78, 5) is 2.20. The summed E-state index contributed by atoms with van der Waals surface area (Å²) in [6, 6.07) is 0.0179. The summed E-state index contributed by atoms with van der Waals surface area (Å²) >= 11 is 0. The number of hydrogen-bond acceptors (Lipinski definition) is 4. The molecule has 1 fully saturated rings. The van der Waals surface area contributed by atoms with Gasteiger partial charge in [-0.2, -0.15) is 0 Å². The van der Waals surface area contributed by atoms with Crippen LogP contribution >= 0.6 is 0 Å². The third kappa shape index (κ3) is 5.14. The van der Waals surface area contributed by atoms with E-state index in [9.17, 15) is 5.11 Å². The summed E-state index contributed by atoms with van der Waals surface area (Å²) in [5.74, 6) is 2.57. The average Bonchev–Trinajstić information content (AvgIpc) is 2.27. The SMILES string of the molecule is C#CC(C)NCC(O)CN1CCOCC1. The maximum atomic E-state index is 9.73. The lowest BCUT2D eigenvalue weighted by molar-refractivity contribution is 0.0148. The first kappa shape index (κ1) is 12.5. The molecule has 1 aliphatic rings. The molecule has 0 aromatic rings. The third-order valence-electron chi connectivity index (χ3n) is 2.48. The summed E-state index contributed by atoms with van der Waals surface area (Å²) in [6.07, 6.45) is 4.86. The van der Waals surface area contributed by atoms with Gasteiger partial charge in [0, 0.05) is 26.2 Å². The zero-order chi connectivity index (χ0) is 11.1. The van der Waals surface area contributed by atoms with Crippen LogP contribution in [0.4, 0.5) is 0 Å². The van der Waals surface area contributed by atoms with Crippen LogP contribution in [-0.2, 0) is 4.74 Å². The molecule has 0 bridgehead atoms. The topological polar surface area (TPSA) is 44.7 Å². The molecule has 86 valence electrons. The van der Waals surface area contributed by atoms with Gasteiger partial charge in [0.15, 0.2) is 0 Å². The van der Waals surface area contributed by atoms with E-state index in [0.717, 1.165) is 26.3 Å². The van der Waals surface area contributed by atoms with Gasteiger partial charge in [-0.05, 0) is 6.92 Å². The van der Waals surface area contributed by atoms with Crippen LogP contribution in [0.2, 0.25) is 0 Å². The molecule has 4 heteroatoms. The van der Waals surface area contributed by atoms with E-state index in [-0.39, 0.29) is 12.1 Å². The normalized spacial score (nSPS) is 21.9. The van der Waals surface area contributed by atoms with Crippen LogP contribution in [0.1, 0.15) is 6.92 Å². The predicted molar refractivity (Wildman–Crippen MR) is 59.6 cm³/mol. The van der Waals surface area contributed by atoms with Gasteiger partial charge in [0.05, 0.1) is 25.4 Å². The highest BCUT2D eigenvalue weighted by molar-refractivity contribution is 4.95. The van der Waals surface area contributed by atoms with E-state index in [2.05, 4.69) is 16.1 Å². The molecular formula is C11H20N2O2. The molecule has 1 heterocycles. The van der Waals surface area contributed by atoms with Gasteiger partial charge in [0.2, 0.25) is 0 Å². The Morgan fingerprint density at radius 2 is 2.20 bits per heavy atom. The van der Waals surface area contributed by atoms with Crippen molar-refractivity contribution < 1.29 is 9.84 Å². The summed E-state index contributed by atoms with van der Waals surface area (Å²) in [6.45, 7) is 6.48. The Hall–Kier alpha value is -0.600. The van der Waals surface area contributed by atoms with Gasteiger partial charge in [-0.15, -0.1) is 6.42 Å². The first-order chi connectivity index (χ1) is 7.22. The number of hydrogen-bond donors (Lipinski definition) is 2. The largest absolute Gasteiger partial charge is 0.390 e. The van der Waals surface area contributed by atoms with Crippen molar-refractivity contribution in [3.05, 3.63) is 0 Å². The molecule has 0 spiro atoms. The fraction of sp³-hybridized carbons (Fsp3) is 0.818. The predicted octanol–water partition coefficient (Wildman–Crippen LogP) is -0.709. The second-order valence-corrected chi connectivity index (χ2v) is 3.86. The van der Waals surface area contributed by atoms with Gasteiger partial charge in [-0.25, -0.2) is 0 Å². The fourth-order valence-corrected chi connectivity index (χ4v) is 1.52. The molecule has 0 aliphatic carbocycles. The number of nitrogens with one attached hydrogen (secondary N) is 1. The zero-order valence-corrected chi connectivity index (χ0v) is 9.28. The number of aliphatic hydroxyl groups excluding tert-OH is 1. The molecule has 2 N–H and O–H groups in total. The number of nitrogens with zero attached hydrogens (tertiary/aromatic N) is 1. The van der Waals surface area contributed by atoms with E-state index in [4.69, 9.17) is 11.2 Å². The van der Waals surface area contributed by atoms with Crippen LogP contribution < -0.4 is 5.32 Å². The monoisotopic (exact) mass is 212 g/mol. The van der Waals surface area contributed by atoms with Crippen LogP contribution in [0, 0.1) is 12.3 Å². The van der Waals surface area contributed by atoms with Gasteiger partial charge in [-0.3, -0.25) is 4.90 Å². The van der Waals surface area contributed by atoms with E-state index in [0.29, 0.717) is 13.1 Å². The highest BCUT2D eigenvalue weighted by Gasteiger charge is 2.14. The van der Waals surface area contributed by atoms with Crippen molar-refractivity contribution in [2.24, 2.45) is 0 Å². The number of aliphatic hydroxyl groups is 1. The van der Waals surface area contributed by atoms with E-state index >= 15 is 0 Å². The number of rotatable bonds is 5. The first-order valence-corrected chi connectivity index (χ1v) is 5.40. The molecule has 1 aliphatic heterocycles. The lowest BCUT2D eigenvalue weighted by Gasteiger charge is -2.28. The quantitative estimate of drug-likeness (QED) is 0.591. The Kier molecular flexibility index (Phi) is 5.66. The van der Waals surface area contributed by atoms with Crippen LogP contribution in [0.25, 0.3) is 0 Å². The fourth-order valence-electron chi connectivity index (χ4n) is 1.52. The lowest BCUT2D eigenvalue weighted by atomic mass is 10.2. The van der Waals surface area contributed by atoms with E-state index in [1.807, 2.05) is 6.92 Å². The molecule has 2 atom stereocenters. The molecule has 4 nitrogen and oxygen atoms in total. The number of β-amino-alcohol motifs (C(OH)–C–C–N with tert-alkyl or cyclic N) is 1. The minimum atomic E-state index is -0.362. The molecular weight excluding hydrogens is 192 g/mol. The molecule has 0 aromatic heterocycles. The molecule has 2 unspecified atom stereocenters. The third-order valence-corrected chi connectivity index (χ3v) is 2.48. The van der Waals surface area contributed by atoms with Crippen molar-refractivity contribution >= 4 is 0 Å². The number of ether oxygens (including phenoxy) is 1. The molecule has 1 rings (SSSR count). The maximum Gasteiger partial charge on any atom is 0.0791 e. The van der Waals surface area contributed by atoms with Crippen LogP contribution in [0.15, 0.2) is 0 Å². The highest BCUT2D eigenvalue weighted by atomic mass is 16.5. The van der Waals surface area contributed by atoms with Gasteiger partial charge >= 0.3 is 0 Å². The average molecular weight is 212 g/mol. The second kappa shape index (κ2) is 6.81. The van der Waals surface area contributed by atoms with Crippen molar-refractivity contribution in [2.45, 2.75) is 19.1 Å². The van der Waals surface area contributed by atoms with Gasteiger partial charge < -0.3 is 15.2 Å². The van der Waals surface area contributed by atoms with Crippen molar-refractivity contribution in [1.29, 1.82) is 0 Å². The summed E-state index contributed by atoms with van der Waals surface area (Å²) < 4.78 is 5.23. The summed E-state index contributed by atoms with van der Waals surface area (Å²) in [5.41, 5.74) is 0. The van der Waals surface area contributed by atoms with E-state index in [1.54, 1.807) is 0 Å². The lowest BCUT2D eigenvalue weighted by Crippen LogP contribution is -2.44. The van der Waals surface area contributed by atoms with Crippen molar-refractivity contribution in [1.82, 2.24) is 10.2 Å². The Bertz CT molecular complexity index is 209. The summed E-state index contributed by atoms with van der Waals surface area (Å²) in [7, 11) is 0. The van der Waals surface area contributed by atoms with Crippen LogP contribution in [-0.4, -0.2) is 61.5 Å². The van der Waals surface area contributed by atoms with Crippen LogP contribution in [0.3, 0.4) is 0 Å². The molecule has 1 saturated heterocycles. The van der Waals surface area contributed by atoms with Gasteiger partial charge in [-0.1, -0.05) is 5.92 Å². The molecule has 15 heavy (non-hydrogen) atoms. The van der Waals surface area contributed by atoms with Crippen LogP contribution in [0.5, 0.6) is 0 Å². The molecule has 0 amide bonds. The number of terminal acetylenes is 1. The zero-order valence-electron chi connectivity index (χ0n) is 9.28. The van der Waals surface area contributed by atoms with Gasteiger partial charge in [0.25, 0.3) is 0 Å². The Morgan fingerprint density at radius 3 is 2.80 bits per heavy atom. The smallest absolute Gasteiger partial charge is 0.0791 e. The molecule has 0 radical (unpaired) electrons. The summed E-state index contributed by atoms with van der Waals surface area (Å²) in [5, 5.41) is 12.8.